The molecule has 2 heterocycles. The van der Waals surface area contributed by atoms with Crippen molar-refractivity contribution in [1.29, 1.82) is 5.26 Å². The molecule has 0 aliphatic rings. The lowest BCUT2D eigenvalue weighted by Gasteiger charge is -2.06. The van der Waals surface area contributed by atoms with Crippen LogP contribution in [0.4, 0.5) is 13.2 Å². The van der Waals surface area contributed by atoms with Gasteiger partial charge in [0.2, 0.25) is 0 Å². The average Bonchev–Trinajstić information content (AvgIpc) is 3.08. The SMILES string of the molecule is N#C/C(=C\c1cnn(-c2ccc(Cl)cc2)c1)c1ccc(C(F)(F)F)cn1. The van der Waals surface area contributed by atoms with Gasteiger partial charge in [-0.2, -0.15) is 23.5 Å². The maximum atomic E-state index is 12.6. The standard InChI is InChI=1S/C18H10ClF3N4/c19-15-2-4-16(5-3-15)26-11-12(9-25-26)7-13(8-23)17-6-1-14(10-24-17)18(20,21)22/h1-7,9-11H/b13-7+. The van der Waals surface area contributed by atoms with E-state index in [1.165, 1.54) is 18.3 Å². The lowest BCUT2D eigenvalue weighted by molar-refractivity contribution is -0.137. The highest BCUT2D eigenvalue weighted by Gasteiger charge is 2.30. The third-order valence-corrected chi connectivity index (χ3v) is 3.74. The minimum Gasteiger partial charge on any atom is -0.255 e. The predicted octanol–water partition coefficient (Wildman–Crippen LogP) is 5.00. The van der Waals surface area contributed by atoms with Crippen LogP contribution in [-0.4, -0.2) is 14.8 Å². The van der Waals surface area contributed by atoms with Crippen LogP contribution in [-0.2, 0) is 6.18 Å². The van der Waals surface area contributed by atoms with Crippen LogP contribution in [0.2, 0.25) is 5.02 Å². The van der Waals surface area contributed by atoms with E-state index in [1.54, 1.807) is 35.1 Å². The van der Waals surface area contributed by atoms with Gasteiger partial charge in [-0.25, -0.2) is 4.68 Å². The first-order valence-corrected chi connectivity index (χ1v) is 7.70. The summed E-state index contributed by atoms with van der Waals surface area (Å²) >= 11 is 5.85. The van der Waals surface area contributed by atoms with E-state index in [0.29, 0.717) is 16.8 Å². The van der Waals surface area contributed by atoms with E-state index in [4.69, 9.17) is 11.6 Å². The zero-order chi connectivity index (χ0) is 18.7. The minimum atomic E-state index is -4.47. The van der Waals surface area contributed by atoms with E-state index >= 15 is 0 Å². The molecular formula is C18H10ClF3N4. The Morgan fingerprint density at radius 3 is 2.42 bits per heavy atom. The summed E-state index contributed by atoms with van der Waals surface area (Å²) in [6.07, 6.45) is 0.967. The summed E-state index contributed by atoms with van der Waals surface area (Å²) < 4.78 is 39.4. The summed E-state index contributed by atoms with van der Waals surface area (Å²) in [6.45, 7) is 0. The lowest BCUT2D eigenvalue weighted by Crippen LogP contribution is -2.05. The van der Waals surface area contributed by atoms with Gasteiger partial charge >= 0.3 is 6.18 Å². The van der Waals surface area contributed by atoms with Crippen molar-refractivity contribution in [1.82, 2.24) is 14.8 Å². The number of aromatic nitrogens is 3. The van der Waals surface area contributed by atoms with Crippen molar-refractivity contribution >= 4 is 23.3 Å². The zero-order valence-electron chi connectivity index (χ0n) is 13.1. The van der Waals surface area contributed by atoms with Gasteiger partial charge in [0.1, 0.15) is 6.07 Å². The fourth-order valence-electron chi connectivity index (χ4n) is 2.20. The number of nitrogens with zero attached hydrogens (tertiary/aromatic N) is 4. The highest BCUT2D eigenvalue weighted by Crippen LogP contribution is 2.29. The van der Waals surface area contributed by atoms with Crippen LogP contribution in [0.1, 0.15) is 16.8 Å². The van der Waals surface area contributed by atoms with Crippen molar-refractivity contribution in [2.45, 2.75) is 6.18 Å². The summed E-state index contributed by atoms with van der Waals surface area (Å²) in [5.74, 6) is 0. The molecule has 130 valence electrons. The summed E-state index contributed by atoms with van der Waals surface area (Å²) in [4.78, 5) is 3.73. The number of halogens is 4. The van der Waals surface area contributed by atoms with Gasteiger partial charge in [-0.1, -0.05) is 11.6 Å². The van der Waals surface area contributed by atoms with Crippen LogP contribution >= 0.6 is 11.6 Å². The Labute approximate surface area is 151 Å². The first kappa shape index (κ1) is 17.7. The van der Waals surface area contributed by atoms with Gasteiger partial charge in [0, 0.05) is 23.0 Å². The van der Waals surface area contributed by atoms with Gasteiger partial charge in [0.05, 0.1) is 28.7 Å². The Balaban J connectivity index is 1.88. The van der Waals surface area contributed by atoms with Gasteiger partial charge in [-0.05, 0) is 42.5 Å². The van der Waals surface area contributed by atoms with Crippen LogP contribution in [0.3, 0.4) is 0 Å². The topological polar surface area (TPSA) is 54.5 Å². The molecule has 1 aromatic carbocycles. The number of allylic oxidation sites excluding steroid dienone is 1. The summed E-state index contributed by atoms with van der Waals surface area (Å²) in [5.41, 5.74) is 0.807. The number of rotatable bonds is 3. The largest absolute Gasteiger partial charge is 0.417 e. The normalized spacial score (nSPS) is 12.0. The molecule has 0 bridgehead atoms. The van der Waals surface area contributed by atoms with Crippen LogP contribution in [0.15, 0.2) is 55.0 Å². The van der Waals surface area contributed by atoms with Crippen LogP contribution in [0, 0.1) is 11.3 Å². The number of alkyl halides is 3. The first-order chi connectivity index (χ1) is 12.4. The second-order valence-electron chi connectivity index (χ2n) is 5.29. The molecule has 0 saturated carbocycles. The molecular weight excluding hydrogens is 365 g/mol. The Hall–Kier alpha value is -3.11. The van der Waals surface area contributed by atoms with Gasteiger partial charge in [-0.15, -0.1) is 0 Å². The van der Waals surface area contributed by atoms with Crippen molar-refractivity contribution in [3.63, 3.8) is 0 Å². The Morgan fingerprint density at radius 2 is 1.85 bits per heavy atom. The number of benzene rings is 1. The molecule has 0 N–H and O–H groups in total. The summed E-state index contributed by atoms with van der Waals surface area (Å²) in [6, 6.07) is 11.0. The zero-order valence-corrected chi connectivity index (χ0v) is 13.8. The molecule has 0 spiro atoms. The number of hydrogen-bond donors (Lipinski definition) is 0. The van der Waals surface area contributed by atoms with E-state index in [1.807, 2.05) is 6.07 Å². The molecule has 0 radical (unpaired) electrons. The molecule has 8 heteroatoms. The van der Waals surface area contributed by atoms with Crippen molar-refractivity contribution < 1.29 is 13.2 Å². The molecule has 0 saturated heterocycles. The fraction of sp³-hybridized carbons (Fsp3) is 0.0556. The van der Waals surface area contributed by atoms with Crippen molar-refractivity contribution in [2.24, 2.45) is 0 Å². The number of hydrogen-bond acceptors (Lipinski definition) is 3. The molecule has 0 unspecified atom stereocenters. The summed E-state index contributed by atoms with van der Waals surface area (Å²) in [7, 11) is 0. The molecule has 0 aliphatic heterocycles. The van der Waals surface area contributed by atoms with E-state index in [0.717, 1.165) is 11.8 Å². The number of nitriles is 1. The Morgan fingerprint density at radius 1 is 1.12 bits per heavy atom. The molecule has 0 amide bonds. The monoisotopic (exact) mass is 374 g/mol. The Bertz CT molecular complexity index is 981. The van der Waals surface area contributed by atoms with Crippen LogP contribution < -0.4 is 0 Å². The van der Waals surface area contributed by atoms with E-state index < -0.39 is 11.7 Å². The molecule has 3 aromatic rings. The third kappa shape index (κ3) is 3.92. The average molecular weight is 375 g/mol. The predicted molar refractivity (Wildman–Crippen MR) is 91.3 cm³/mol. The van der Waals surface area contributed by atoms with Crippen molar-refractivity contribution in [3.8, 4) is 11.8 Å². The molecule has 4 nitrogen and oxygen atoms in total. The highest BCUT2D eigenvalue weighted by molar-refractivity contribution is 6.30. The van der Waals surface area contributed by atoms with E-state index in [-0.39, 0.29) is 11.3 Å². The van der Waals surface area contributed by atoms with Gasteiger partial charge < -0.3 is 0 Å². The van der Waals surface area contributed by atoms with Crippen molar-refractivity contribution in [3.05, 3.63) is 76.8 Å². The summed E-state index contributed by atoms with van der Waals surface area (Å²) in [5, 5.41) is 14.1. The third-order valence-electron chi connectivity index (χ3n) is 3.49. The smallest absolute Gasteiger partial charge is 0.255 e. The fourth-order valence-corrected chi connectivity index (χ4v) is 2.32. The second-order valence-corrected chi connectivity index (χ2v) is 5.73. The molecule has 2 aromatic heterocycles. The van der Waals surface area contributed by atoms with E-state index in [2.05, 4.69) is 10.1 Å². The molecule has 0 aliphatic carbocycles. The maximum Gasteiger partial charge on any atom is 0.417 e. The minimum absolute atomic E-state index is 0.134. The van der Waals surface area contributed by atoms with Crippen LogP contribution in [0.5, 0.6) is 0 Å². The van der Waals surface area contributed by atoms with Crippen molar-refractivity contribution in [2.75, 3.05) is 0 Å². The van der Waals surface area contributed by atoms with E-state index in [9.17, 15) is 18.4 Å². The van der Waals surface area contributed by atoms with Crippen LogP contribution in [0.25, 0.3) is 17.3 Å². The quantitative estimate of drug-likeness (QED) is 0.606. The van der Waals surface area contributed by atoms with Gasteiger partial charge in [0.15, 0.2) is 0 Å². The second kappa shape index (κ2) is 7.02. The van der Waals surface area contributed by atoms with Gasteiger partial charge in [0.25, 0.3) is 0 Å². The molecule has 0 fully saturated rings. The van der Waals surface area contributed by atoms with Gasteiger partial charge in [-0.3, -0.25) is 4.98 Å². The molecule has 26 heavy (non-hydrogen) atoms. The Kier molecular flexibility index (Phi) is 4.78. The first-order valence-electron chi connectivity index (χ1n) is 7.33. The maximum absolute atomic E-state index is 12.6. The number of pyridine rings is 1. The highest BCUT2D eigenvalue weighted by atomic mass is 35.5. The molecule has 3 rings (SSSR count). The lowest BCUT2D eigenvalue weighted by atomic mass is 10.1. The molecule has 0 atom stereocenters.